The molecule has 1 atom stereocenters. The Balaban J connectivity index is 0.000000518. The Bertz CT molecular complexity index is 1670. The summed E-state index contributed by atoms with van der Waals surface area (Å²) in [6, 6.07) is 0. The summed E-state index contributed by atoms with van der Waals surface area (Å²) in [6.45, 7) is 35.4. The topological polar surface area (TPSA) is 217 Å². The van der Waals surface area contributed by atoms with E-state index < -0.39 is 11.8 Å². The van der Waals surface area contributed by atoms with Crippen molar-refractivity contribution in [3.8, 4) is 0 Å². The highest BCUT2D eigenvalue weighted by Crippen LogP contribution is 2.35. The van der Waals surface area contributed by atoms with Crippen LogP contribution in [0.15, 0.2) is 0 Å². The molecular weight excluding hydrogens is 909 g/mol. The normalized spacial score (nSPS) is 23.5. The Morgan fingerprint density at radius 2 is 0.676 bits per heavy atom. The highest BCUT2D eigenvalue weighted by Gasteiger charge is 2.43. The molecule has 71 heavy (non-hydrogen) atoms. The molecule has 5 N–H and O–H groups in total. The molecule has 4 saturated heterocycles. The zero-order valence-electron chi connectivity index (χ0n) is 47.7. The van der Waals surface area contributed by atoms with E-state index in [1.165, 1.54) is 21.1 Å². The zero-order valence-corrected chi connectivity index (χ0v) is 47.7. The maximum atomic E-state index is 13.6. The number of hydrogen-bond acceptors (Lipinski definition) is 16. The number of carbonyl (C=O) groups excluding carboxylic acids is 6. The lowest BCUT2D eigenvalue weighted by atomic mass is 9.81. The Kier molecular flexibility index (Phi) is 23.3. The molecule has 0 unspecified atom stereocenters. The predicted octanol–water partition coefficient (Wildman–Crippen LogP) is 8.11. The summed E-state index contributed by atoms with van der Waals surface area (Å²) in [5.74, 6) is -2.71. The smallest absolute Gasteiger partial charge is 0.309 e. The number of methoxy groups -OCH3 is 2. The van der Waals surface area contributed by atoms with Gasteiger partial charge in [-0.15, -0.1) is 0 Å². The van der Waals surface area contributed by atoms with E-state index in [0.29, 0.717) is 32.1 Å². The summed E-state index contributed by atoms with van der Waals surface area (Å²) in [6.07, 6.45) is 7.25. The van der Waals surface area contributed by atoms with Crippen LogP contribution < -0.4 is 21.3 Å². The van der Waals surface area contributed by atoms with Gasteiger partial charge in [-0.3, -0.25) is 24.0 Å². The van der Waals surface area contributed by atoms with Crippen LogP contribution in [0.3, 0.4) is 0 Å². The van der Waals surface area contributed by atoms with Crippen LogP contribution in [0.2, 0.25) is 0 Å². The van der Waals surface area contributed by atoms with Crippen LogP contribution in [0.1, 0.15) is 220 Å². The summed E-state index contributed by atoms with van der Waals surface area (Å²) < 4.78 is 27.0. The van der Waals surface area contributed by atoms with E-state index in [9.17, 15) is 33.9 Å². The molecule has 0 radical (unpaired) electrons. The van der Waals surface area contributed by atoms with Gasteiger partial charge in [-0.2, -0.15) is 0 Å². The van der Waals surface area contributed by atoms with Crippen LogP contribution >= 0.6 is 0 Å². The van der Waals surface area contributed by atoms with E-state index in [4.69, 9.17) is 14.2 Å². The lowest BCUT2D eigenvalue weighted by Gasteiger charge is -2.46. The van der Waals surface area contributed by atoms with Gasteiger partial charge in [0.2, 0.25) is 0 Å². The number of nitrogens with one attached hydrogen (secondary N) is 4. The number of ketones is 1. The van der Waals surface area contributed by atoms with Crippen molar-refractivity contribution in [3.63, 3.8) is 0 Å². The minimum absolute atomic E-state index is 0.0203. The van der Waals surface area contributed by atoms with Gasteiger partial charge < -0.3 is 54.9 Å². The number of ether oxygens (including phenoxy) is 5. The van der Waals surface area contributed by atoms with Gasteiger partial charge in [0.25, 0.3) is 0 Å². The molecule has 4 aliphatic heterocycles. The first-order chi connectivity index (χ1) is 32.2. The monoisotopic (exact) mass is 1010 g/mol. The van der Waals surface area contributed by atoms with Crippen molar-refractivity contribution in [2.24, 2.45) is 11.8 Å². The maximum absolute atomic E-state index is 13.6. The predicted molar refractivity (Wildman–Crippen MR) is 276 cm³/mol. The van der Waals surface area contributed by atoms with Gasteiger partial charge in [-0.05, 0) is 156 Å². The highest BCUT2D eigenvalue weighted by molar-refractivity contribution is 5.78. The van der Waals surface area contributed by atoms with Gasteiger partial charge in [-0.1, -0.05) is 0 Å². The fraction of sp³-hybridized carbons (Fsp3) is 0.891. The number of aliphatic hydroxyl groups excluding tert-OH is 1. The molecule has 0 aromatic carbocycles. The minimum Gasteiger partial charge on any atom is -0.469 e. The van der Waals surface area contributed by atoms with Crippen molar-refractivity contribution in [2.75, 3.05) is 14.2 Å². The van der Waals surface area contributed by atoms with E-state index in [1.807, 2.05) is 0 Å². The summed E-state index contributed by atoms with van der Waals surface area (Å²) in [5, 5.41) is 23.9. The molecule has 4 aliphatic rings. The van der Waals surface area contributed by atoms with E-state index in [0.717, 1.165) is 38.5 Å². The Morgan fingerprint density at radius 1 is 0.408 bits per heavy atom. The van der Waals surface area contributed by atoms with E-state index in [1.54, 1.807) is 0 Å². The number of hydrogen-bond donors (Lipinski definition) is 5. The number of carbonyl (C=O) groups is 6. The van der Waals surface area contributed by atoms with Crippen molar-refractivity contribution >= 4 is 35.6 Å². The van der Waals surface area contributed by atoms with Crippen LogP contribution in [0, 0.1) is 11.8 Å². The number of rotatable bonds is 17. The molecule has 0 bridgehead atoms. The van der Waals surface area contributed by atoms with E-state index in [-0.39, 0.29) is 136 Å². The Morgan fingerprint density at radius 3 is 0.958 bits per heavy atom. The van der Waals surface area contributed by atoms with Gasteiger partial charge >= 0.3 is 29.8 Å². The lowest BCUT2D eigenvalue weighted by molar-refractivity contribution is -0.160. The molecular formula is C55H100N4O12. The first kappa shape index (κ1) is 63.9. The van der Waals surface area contributed by atoms with E-state index >= 15 is 0 Å². The van der Waals surface area contributed by atoms with Gasteiger partial charge in [-0.25, -0.2) is 0 Å². The second kappa shape index (κ2) is 25.9. The summed E-state index contributed by atoms with van der Waals surface area (Å²) in [7, 11) is 2.59. The minimum atomic E-state index is -0.599. The molecule has 0 aliphatic carbocycles. The SMILES string of the molecule is CC1(C)CC(O)CC(C)(C)N1.CC1(C)CC(OC(=O)CCC(CCC(=O)OC2CC(C)(C)NC(C)(C)C2)C(=O)OC2CC(C)(C)NC(C)(C)C2)CC(C)(C)N1.COC(=O)CC[C@H](CCC(C)=O)C(=O)OC. The third kappa shape index (κ3) is 25.6. The first-order valence-electron chi connectivity index (χ1n) is 26.2. The molecule has 0 spiro atoms. The Hall–Kier alpha value is -3.18. The molecule has 412 valence electrons. The van der Waals surface area contributed by atoms with Gasteiger partial charge in [0.1, 0.15) is 24.1 Å². The van der Waals surface area contributed by atoms with E-state index in [2.05, 4.69) is 142 Å². The number of esters is 5. The summed E-state index contributed by atoms with van der Waals surface area (Å²) in [4.78, 5) is 72.8. The number of aliphatic hydroxyl groups is 1. The van der Waals surface area contributed by atoms with Crippen LogP contribution in [0.5, 0.6) is 0 Å². The molecule has 4 fully saturated rings. The van der Waals surface area contributed by atoms with Crippen molar-refractivity contribution in [1.82, 2.24) is 21.3 Å². The van der Waals surface area contributed by atoms with Crippen LogP contribution in [0.25, 0.3) is 0 Å². The van der Waals surface area contributed by atoms with Crippen LogP contribution in [-0.2, 0) is 52.5 Å². The zero-order chi connectivity index (χ0) is 54.6. The molecule has 4 rings (SSSR count). The summed E-state index contributed by atoms with van der Waals surface area (Å²) in [5.41, 5.74) is -0.764. The highest BCUT2D eigenvalue weighted by atomic mass is 16.6. The molecule has 4 heterocycles. The molecule has 0 amide bonds. The third-order valence-electron chi connectivity index (χ3n) is 13.5. The maximum Gasteiger partial charge on any atom is 0.309 e. The summed E-state index contributed by atoms with van der Waals surface area (Å²) >= 11 is 0. The number of piperidine rings is 4. The van der Waals surface area contributed by atoms with Crippen LogP contribution in [0.4, 0.5) is 0 Å². The average Bonchev–Trinajstić information content (AvgIpc) is 3.12. The molecule has 16 heteroatoms. The van der Waals surface area contributed by atoms with Gasteiger partial charge in [0.15, 0.2) is 0 Å². The standard InChI is InChI=1S/C35H63N3O6.C11H18O5.C9H19NO/c1-30(2)17-24(18-31(3,4)36-30)42-27(39)15-13-23(29(41)44-26-21-34(9,10)38-35(11,12)22-26)14-16-28(40)43-25-19-32(5,6)37-33(7,8)20-25;1-8(12)4-5-9(11(14)16-3)6-7-10(13)15-2;1-8(2)5-7(11)6-9(3,4)10-8/h23-26,36-38H,13-22H2,1-12H3;9H,4-7H2,1-3H3;7,10-11H,5-6H2,1-4H3/t;9-;/m.0./s1. The molecule has 0 aromatic heterocycles. The fourth-order valence-corrected chi connectivity index (χ4v) is 12.2. The molecule has 0 aromatic rings. The molecule has 0 saturated carbocycles. The largest absolute Gasteiger partial charge is 0.469 e. The fourth-order valence-electron chi connectivity index (χ4n) is 12.2. The molecule has 16 nitrogen and oxygen atoms in total. The second-order valence-corrected chi connectivity index (χ2v) is 26.5. The van der Waals surface area contributed by atoms with Crippen molar-refractivity contribution in [1.29, 1.82) is 0 Å². The van der Waals surface area contributed by atoms with Crippen molar-refractivity contribution in [3.05, 3.63) is 0 Å². The third-order valence-corrected chi connectivity index (χ3v) is 13.5. The van der Waals surface area contributed by atoms with Crippen molar-refractivity contribution in [2.45, 2.75) is 289 Å². The lowest BCUT2D eigenvalue weighted by Crippen LogP contribution is -2.59. The first-order valence-corrected chi connectivity index (χ1v) is 26.2. The number of Topliss-reactive ketones (excluding diaryl/α,β-unsaturated/α-hetero) is 1. The van der Waals surface area contributed by atoms with Gasteiger partial charge in [0.05, 0.1) is 32.2 Å². The van der Waals surface area contributed by atoms with Crippen LogP contribution in [-0.4, -0.2) is 124 Å². The average molecular weight is 1010 g/mol. The van der Waals surface area contributed by atoms with Crippen molar-refractivity contribution < 1.29 is 57.6 Å². The second-order valence-electron chi connectivity index (χ2n) is 26.5. The quantitative estimate of drug-likeness (QED) is 0.0687. The van der Waals surface area contributed by atoms with Gasteiger partial charge in [0, 0.05) is 109 Å². The Labute approximate surface area is 428 Å².